The first-order valence-corrected chi connectivity index (χ1v) is 7.73. The molecule has 1 fully saturated rings. The molecule has 0 bridgehead atoms. The minimum atomic E-state index is -0.00278. The highest BCUT2D eigenvalue weighted by Crippen LogP contribution is 2.36. The zero-order valence-electron chi connectivity index (χ0n) is 12.6. The molecule has 116 valence electrons. The van der Waals surface area contributed by atoms with E-state index in [0.717, 1.165) is 49.9 Å². The summed E-state index contributed by atoms with van der Waals surface area (Å²) in [5.74, 6) is 2.07. The van der Waals surface area contributed by atoms with Crippen molar-refractivity contribution in [3.8, 4) is 11.5 Å². The van der Waals surface area contributed by atoms with Gasteiger partial charge >= 0.3 is 0 Å². The highest BCUT2D eigenvalue weighted by atomic mass is 16.5. The predicted octanol–water partition coefficient (Wildman–Crippen LogP) is 1.43. The Bertz CT molecular complexity index is 475. The quantitative estimate of drug-likeness (QED) is 0.909. The molecule has 1 aromatic carbocycles. The van der Waals surface area contributed by atoms with Crippen molar-refractivity contribution < 1.29 is 14.2 Å². The lowest BCUT2D eigenvalue weighted by atomic mass is 9.90. The highest BCUT2D eigenvalue weighted by molar-refractivity contribution is 5.43. The fourth-order valence-corrected chi connectivity index (χ4v) is 3.01. The van der Waals surface area contributed by atoms with Crippen LogP contribution in [0.15, 0.2) is 18.2 Å². The van der Waals surface area contributed by atoms with Gasteiger partial charge in [-0.1, -0.05) is 0 Å². The van der Waals surface area contributed by atoms with E-state index in [9.17, 15) is 0 Å². The van der Waals surface area contributed by atoms with Crippen LogP contribution >= 0.6 is 0 Å². The lowest BCUT2D eigenvalue weighted by molar-refractivity contribution is 0.0218. The third-order valence-electron chi connectivity index (χ3n) is 4.21. The maximum absolute atomic E-state index is 6.48. The van der Waals surface area contributed by atoms with Crippen molar-refractivity contribution in [3.63, 3.8) is 0 Å². The van der Waals surface area contributed by atoms with Crippen molar-refractivity contribution in [2.75, 3.05) is 46.1 Å². The van der Waals surface area contributed by atoms with Crippen LogP contribution in [-0.4, -0.2) is 51.0 Å². The molecule has 0 aromatic heterocycles. The monoisotopic (exact) mass is 292 g/mol. The molecule has 1 aromatic rings. The van der Waals surface area contributed by atoms with E-state index in [4.69, 9.17) is 19.9 Å². The molecule has 0 amide bonds. The second-order valence-corrected chi connectivity index (χ2v) is 5.64. The van der Waals surface area contributed by atoms with E-state index in [1.165, 1.54) is 0 Å². The van der Waals surface area contributed by atoms with Crippen LogP contribution in [0.4, 0.5) is 0 Å². The van der Waals surface area contributed by atoms with Gasteiger partial charge in [0.1, 0.15) is 11.5 Å². The number of hydrogen-bond acceptors (Lipinski definition) is 5. The topological polar surface area (TPSA) is 57.0 Å². The van der Waals surface area contributed by atoms with E-state index in [0.29, 0.717) is 19.1 Å². The standard InChI is InChI=1S/C16H24N2O3/c1-2-20-13-3-4-15-14(9-13)16(17)12(11-21-15)10-18-5-7-19-8-6-18/h3-4,9,12,16H,2,5-8,10-11,17H2,1H3. The molecule has 2 atom stereocenters. The van der Waals surface area contributed by atoms with Crippen LogP contribution in [0.1, 0.15) is 18.5 Å². The van der Waals surface area contributed by atoms with E-state index >= 15 is 0 Å². The lowest BCUT2D eigenvalue weighted by Gasteiger charge is -2.36. The van der Waals surface area contributed by atoms with Crippen LogP contribution in [0.2, 0.25) is 0 Å². The molecule has 0 radical (unpaired) electrons. The fourth-order valence-electron chi connectivity index (χ4n) is 3.01. The minimum Gasteiger partial charge on any atom is -0.494 e. The third-order valence-corrected chi connectivity index (χ3v) is 4.21. The number of ether oxygens (including phenoxy) is 3. The van der Waals surface area contributed by atoms with E-state index in [1.54, 1.807) is 0 Å². The Kier molecular flexibility index (Phi) is 4.63. The van der Waals surface area contributed by atoms with Crippen LogP contribution in [0.3, 0.4) is 0 Å². The van der Waals surface area contributed by atoms with Gasteiger partial charge < -0.3 is 19.9 Å². The van der Waals surface area contributed by atoms with Crippen molar-refractivity contribution in [2.24, 2.45) is 11.7 Å². The summed E-state index contributed by atoms with van der Waals surface area (Å²) in [7, 11) is 0. The first-order chi connectivity index (χ1) is 10.3. The molecule has 0 spiro atoms. The Labute approximate surface area is 126 Å². The third kappa shape index (κ3) is 3.31. The average Bonchev–Trinajstić information content (AvgIpc) is 2.52. The molecule has 2 aliphatic heterocycles. The van der Waals surface area contributed by atoms with Gasteiger partial charge in [0, 0.05) is 37.2 Å². The number of morpholine rings is 1. The first-order valence-electron chi connectivity index (χ1n) is 7.73. The molecule has 5 heteroatoms. The summed E-state index contributed by atoms with van der Waals surface area (Å²) >= 11 is 0. The Morgan fingerprint density at radius 3 is 2.90 bits per heavy atom. The molecule has 0 saturated carbocycles. The van der Waals surface area contributed by atoms with E-state index in [2.05, 4.69) is 4.90 Å². The van der Waals surface area contributed by atoms with Crippen LogP contribution in [-0.2, 0) is 4.74 Å². The van der Waals surface area contributed by atoms with Gasteiger partial charge in [-0.2, -0.15) is 0 Å². The molecule has 0 aliphatic carbocycles. The van der Waals surface area contributed by atoms with Gasteiger partial charge in [-0.3, -0.25) is 4.90 Å². The Balaban J connectivity index is 1.70. The van der Waals surface area contributed by atoms with Crippen LogP contribution in [0.5, 0.6) is 11.5 Å². The van der Waals surface area contributed by atoms with Gasteiger partial charge in [0.05, 0.1) is 26.4 Å². The maximum Gasteiger partial charge on any atom is 0.124 e. The number of hydrogen-bond donors (Lipinski definition) is 1. The van der Waals surface area contributed by atoms with E-state index in [-0.39, 0.29) is 6.04 Å². The average molecular weight is 292 g/mol. The molecule has 21 heavy (non-hydrogen) atoms. The van der Waals surface area contributed by atoms with Gasteiger partial charge in [0.15, 0.2) is 0 Å². The molecule has 2 heterocycles. The largest absolute Gasteiger partial charge is 0.494 e. The molecular weight excluding hydrogens is 268 g/mol. The molecular formula is C16H24N2O3. The number of rotatable bonds is 4. The minimum absolute atomic E-state index is 0.00278. The molecule has 5 nitrogen and oxygen atoms in total. The number of nitrogens with zero attached hydrogens (tertiary/aromatic N) is 1. The van der Waals surface area contributed by atoms with Crippen LogP contribution in [0, 0.1) is 5.92 Å². The summed E-state index contributed by atoms with van der Waals surface area (Å²) in [5.41, 5.74) is 7.54. The van der Waals surface area contributed by atoms with E-state index < -0.39 is 0 Å². The normalized spacial score (nSPS) is 26.0. The molecule has 2 N–H and O–H groups in total. The molecule has 3 rings (SSSR count). The second-order valence-electron chi connectivity index (χ2n) is 5.64. The van der Waals surface area contributed by atoms with Crippen molar-refractivity contribution in [3.05, 3.63) is 23.8 Å². The number of benzene rings is 1. The van der Waals surface area contributed by atoms with Gasteiger partial charge in [0.25, 0.3) is 0 Å². The van der Waals surface area contributed by atoms with Crippen molar-refractivity contribution in [1.82, 2.24) is 4.90 Å². The Morgan fingerprint density at radius 1 is 1.33 bits per heavy atom. The van der Waals surface area contributed by atoms with Crippen LogP contribution in [0.25, 0.3) is 0 Å². The van der Waals surface area contributed by atoms with Crippen molar-refractivity contribution in [2.45, 2.75) is 13.0 Å². The summed E-state index contributed by atoms with van der Waals surface area (Å²) in [4.78, 5) is 2.41. The lowest BCUT2D eigenvalue weighted by Crippen LogP contribution is -2.44. The molecule has 2 unspecified atom stereocenters. The highest BCUT2D eigenvalue weighted by Gasteiger charge is 2.30. The Hall–Kier alpha value is -1.30. The van der Waals surface area contributed by atoms with Gasteiger partial charge in [-0.05, 0) is 25.1 Å². The van der Waals surface area contributed by atoms with Gasteiger partial charge in [0.2, 0.25) is 0 Å². The number of nitrogens with two attached hydrogens (primary N) is 1. The zero-order valence-corrected chi connectivity index (χ0v) is 12.6. The number of fused-ring (bicyclic) bond motifs is 1. The summed E-state index contributed by atoms with van der Waals surface area (Å²) < 4.78 is 16.8. The predicted molar refractivity (Wildman–Crippen MR) is 80.8 cm³/mol. The summed E-state index contributed by atoms with van der Waals surface area (Å²) in [6.07, 6.45) is 0. The van der Waals surface area contributed by atoms with Gasteiger partial charge in [-0.25, -0.2) is 0 Å². The van der Waals surface area contributed by atoms with Gasteiger partial charge in [-0.15, -0.1) is 0 Å². The summed E-state index contributed by atoms with van der Waals surface area (Å²) in [5, 5.41) is 0. The molecule has 2 aliphatic rings. The second kappa shape index (κ2) is 6.64. The zero-order chi connectivity index (χ0) is 14.7. The molecule has 1 saturated heterocycles. The summed E-state index contributed by atoms with van der Waals surface area (Å²) in [6, 6.07) is 5.93. The SMILES string of the molecule is CCOc1ccc2c(c1)C(N)C(CN1CCOCC1)CO2. The van der Waals surface area contributed by atoms with E-state index in [1.807, 2.05) is 25.1 Å². The van der Waals surface area contributed by atoms with Crippen LogP contribution < -0.4 is 15.2 Å². The fraction of sp³-hybridized carbons (Fsp3) is 0.625. The Morgan fingerprint density at radius 2 is 2.14 bits per heavy atom. The summed E-state index contributed by atoms with van der Waals surface area (Å²) in [6.45, 7) is 7.87. The maximum atomic E-state index is 6.48. The first kappa shape index (κ1) is 14.6. The van der Waals surface area contributed by atoms with Crippen molar-refractivity contribution >= 4 is 0 Å². The smallest absolute Gasteiger partial charge is 0.124 e. The van der Waals surface area contributed by atoms with Crippen molar-refractivity contribution in [1.29, 1.82) is 0 Å².